The van der Waals surface area contributed by atoms with Gasteiger partial charge in [0.1, 0.15) is 11.8 Å². The number of aromatic nitrogens is 4. The number of aromatic amines is 1. The second kappa shape index (κ2) is 13.1. The van der Waals surface area contributed by atoms with Gasteiger partial charge in [-0.2, -0.15) is 5.26 Å². The summed E-state index contributed by atoms with van der Waals surface area (Å²) in [5.74, 6) is -0.0702. The van der Waals surface area contributed by atoms with E-state index in [-0.39, 0.29) is 29.6 Å². The van der Waals surface area contributed by atoms with E-state index in [1.807, 2.05) is 49.5 Å². The van der Waals surface area contributed by atoms with Gasteiger partial charge in [0.2, 0.25) is 11.9 Å². The van der Waals surface area contributed by atoms with E-state index >= 15 is 0 Å². The number of likely N-dealkylation sites (N-methyl/N-ethyl adjacent to an activating group) is 1. The molecule has 42 heavy (non-hydrogen) atoms. The van der Waals surface area contributed by atoms with Crippen LogP contribution in [0.25, 0.3) is 22.2 Å². The summed E-state index contributed by atoms with van der Waals surface area (Å²) >= 11 is 0. The van der Waals surface area contributed by atoms with E-state index in [0.29, 0.717) is 35.9 Å². The number of H-pyrrole nitrogens is 1. The number of carbonyl (C=O) groups is 2. The molecule has 1 aliphatic carbocycles. The van der Waals surface area contributed by atoms with Gasteiger partial charge in [-0.3, -0.25) is 9.59 Å². The maximum Gasteiger partial charge on any atom is 0.270 e. The number of anilines is 2. The third-order valence-electron chi connectivity index (χ3n) is 7.10. The van der Waals surface area contributed by atoms with Crippen LogP contribution in [-0.2, 0) is 4.79 Å². The number of hydrogen-bond acceptors (Lipinski definition) is 8. The smallest absolute Gasteiger partial charge is 0.270 e. The molecule has 2 unspecified atom stereocenters. The normalized spacial score (nSPS) is 16.8. The van der Waals surface area contributed by atoms with E-state index in [1.54, 1.807) is 24.4 Å². The quantitative estimate of drug-likeness (QED) is 0.222. The van der Waals surface area contributed by atoms with Crippen LogP contribution in [0.1, 0.15) is 41.7 Å². The van der Waals surface area contributed by atoms with Crippen LogP contribution in [0.15, 0.2) is 67.1 Å². The first-order valence-electron chi connectivity index (χ1n) is 13.9. The third kappa shape index (κ3) is 6.97. The van der Waals surface area contributed by atoms with Crippen LogP contribution < -0.4 is 16.0 Å². The van der Waals surface area contributed by atoms with Gasteiger partial charge in [-0.1, -0.05) is 24.3 Å². The highest BCUT2D eigenvalue weighted by atomic mass is 16.2. The summed E-state index contributed by atoms with van der Waals surface area (Å²) in [6, 6.07) is 13.4. The fourth-order valence-corrected chi connectivity index (χ4v) is 5.06. The fourth-order valence-electron chi connectivity index (χ4n) is 5.06. The first-order chi connectivity index (χ1) is 20.4. The van der Waals surface area contributed by atoms with Crippen molar-refractivity contribution in [1.29, 1.82) is 5.26 Å². The Kier molecular flexibility index (Phi) is 8.84. The first-order valence-corrected chi connectivity index (χ1v) is 13.9. The van der Waals surface area contributed by atoms with E-state index in [2.05, 4.69) is 37.0 Å². The fraction of sp³-hybridized carbons (Fsp3) is 0.290. The van der Waals surface area contributed by atoms with Crippen molar-refractivity contribution >= 4 is 34.4 Å². The zero-order valence-electron chi connectivity index (χ0n) is 23.6. The summed E-state index contributed by atoms with van der Waals surface area (Å²) < 4.78 is 0. The number of para-hydroxylation sites is 1. The Hall–Kier alpha value is -5.08. The molecule has 11 heteroatoms. The largest absolute Gasteiger partial charge is 0.360 e. The van der Waals surface area contributed by atoms with E-state index in [9.17, 15) is 14.9 Å². The molecule has 1 aromatic carbocycles. The summed E-state index contributed by atoms with van der Waals surface area (Å²) in [5, 5.41) is 19.9. The topological polar surface area (TPSA) is 152 Å². The molecule has 2 amide bonds. The van der Waals surface area contributed by atoms with Crippen molar-refractivity contribution in [1.82, 2.24) is 30.2 Å². The molecule has 0 radical (unpaired) electrons. The highest BCUT2D eigenvalue weighted by Gasteiger charge is 2.25. The Bertz CT molecular complexity index is 1640. The highest BCUT2D eigenvalue weighted by molar-refractivity contribution is 5.99. The van der Waals surface area contributed by atoms with Crippen molar-refractivity contribution in [3.63, 3.8) is 0 Å². The number of benzene rings is 1. The van der Waals surface area contributed by atoms with Crippen molar-refractivity contribution < 1.29 is 9.59 Å². The standard InChI is InChI=1S/C31H33N9O2/c1-40(2)14-6-11-28(41)36-23-12-13-27(33-18-23)30(42)37-21-7-5-8-22(15-21)38-31-35-17-20(16-32)29(39-31)25-19-34-26-10-4-3-9-24(25)26/h3-4,6,9-13,17-19,21-22,34H,5,7-8,14-15H2,1-2H3,(H,36,41)(H,37,42)(H,35,38,39). The summed E-state index contributed by atoms with van der Waals surface area (Å²) in [7, 11) is 3.84. The number of rotatable bonds is 9. The Morgan fingerprint density at radius 1 is 1.12 bits per heavy atom. The van der Waals surface area contributed by atoms with E-state index in [4.69, 9.17) is 4.98 Å². The summed E-state index contributed by atoms with van der Waals surface area (Å²) in [5.41, 5.74) is 3.59. The average molecular weight is 564 g/mol. The number of carbonyl (C=O) groups excluding carboxylic acids is 2. The number of amides is 2. The lowest BCUT2D eigenvalue weighted by Gasteiger charge is -2.30. The zero-order chi connectivity index (χ0) is 29.5. The molecular weight excluding hydrogens is 530 g/mol. The average Bonchev–Trinajstić information content (AvgIpc) is 3.41. The van der Waals surface area contributed by atoms with E-state index in [0.717, 1.165) is 35.7 Å². The van der Waals surface area contributed by atoms with Crippen LogP contribution in [-0.4, -0.2) is 69.4 Å². The monoisotopic (exact) mass is 563 g/mol. The molecule has 5 rings (SSSR count). The predicted molar refractivity (Wildman–Crippen MR) is 162 cm³/mol. The molecule has 4 N–H and O–H groups in total. The van der Waals surface area contributed by atoms with Crippen molar-refractivity contribution in [3.8, 4) is 17.3 Å². The summed E-state index contributed by atoms with van der Waals surface area (Å²) in [6.45, 7) is 0.662. The minimum absolute atomic E-state index is 0.0433. The van der Waals surface area contributed by atoms with E-state index in [1.165, 1.54) is 12.3 Å². The van der Waals surface area contributed by atoms with Gasteiger partial charge < -0.3 is 25.8 Å². The van der Waals surface area contributed by atoms with Gasteiger partial charge in [-0.05, 0) is 58.0 Å². The first kappa shape index (κ1) is 28.4. The number of nitriles is 1. The van der Waals surface area contributed by atoms with Crippen LogP contribution in [0, 0.1) is 11.3 Å². The minimum Gasteiger partial charge on any atom is -0.360 e. The summed E-state index contributed by atoms with van der Waals surface area (Å²) in [6.07, 6.45) is 11.5. The molecule has 1 saturated carbocycles. The lowest BCUT2D eigenvalue weighted by molar-refractivity contribution is -0.111. The second-order valence-corrected chi connectivity index (χ2v) is 10.6. The van der Waals surface area contributed by atoms with Gasteiger partial charge in [0.15, 0.2) is 0 Å². The number of hydrogen-bond donors (Lipinski definition) is 4. The molecule has 0 saturated heterocycles. The van der Waals surface area contributed by atoms with Crippen molar-refractivity contribution in [2.75, 3.05) is 31.3 Å². The molecule has 1 aliphatic rings. The maximum atomic E-state index is 12.9. The zero-order valence-corrected chi connectivity index (χ0v) is 23.6. The van der Waals surface area contributed by atoms with Crippen LogP contribution >= 0.6 is 0 Å². The molecule has 3 heterocycles. The maximum absolute atomic E-state index is 12.9. The van der Waals surface area contributed by atoms with Gasteiger partial charge >= 0.3 is 0 Å². The van der Waals surface area contributed by atoms with Crippen LogP contribution in [0.3, 0.4) is 0 Å². The predicted octanol–water partition coefficient (Wildman–Crippen LogP) is 4.10. The van der Waals surface area contributed by atoms with Gasteiger partial charge in [0, 0.05) is 47.4 Å². The van der Waals surface area contributed by atoms with Gasteiger partial charge in [-0.25, -0.2) is 15.0 Å². The van der Waals surface area contributed by atoms with Gasteiger partial charge in [0.05, 0.1) is 29.3 Å². The molecule has 11 nitrogen and oxygen atoms in total. The van der Waals surface area contributed by atoms with E-state index < -0.39 is 0 Å². The van der Waals surface area contributed by atoms with Crippen LogP contribution in [0.2, 0.25) is 0 Å². The van der Waals surface area contributed by atoms with Crippen molar-refractivity contribution in [3.05, 3.63) is 78.4 Å². The SMILES string of the molecule is CN(C)CC=CC(=O)Nc1ccc(C(=O)NC2CCCC(Nc3ncc(C#N)c(-c4c[nH]c5ccccc45)n3)C2)nc1. The Morgan fingerprint density at radius 2 is 1.95 bits per heavy atom. The molecule has 0 spiro atoms. The van der Waals surface area contributed by atoms with Crippen LogP contribution in [0.5, 0.6) is 0 Å². The van der Waals surface area contributed by atoms with Gasteiger partial charge in [-0.15, -0.1) is 0 Å². The molecule has 0 aliphatic heterocycles. The number of fused-ring (bicyclic) bond motifs is 1. The molecule has 214 valence electrons. The number of nitrogens with one attached hydrogen (secondary N) is 4. The molecule has 3 aromatic heterocycles. The molecule has 4 aromatic rings. The molecule has 0 bridgehead atoms. The molecule has 2 atom stereocenters. The Morgan fingerprint density at radius 3 is 2.74 bits per heavy atom. The molecule has 1 fully saturated rings. The molecular formula is C31H33N9O2. The Labute approximate surface area is 244 Å². The lowest BCUT2D eigenvalue weighted by atomic mass is 9.91. The number of nitrogens with zero attached hydrogens (tertiary/aromatic N) is 5. The van der Waals surface area contributed by atoms with Crippen molar-refractivity contribution in [2.45, 2.75) is 37.8 Å². The lowest BCUT2D eigenvalue weighted by Crippen LogP contribution is -2.42. The second-order valence-electron chi connectivity index (χ2n) is 10.6. The van der Waals surface area contributed by atoms with Crippen molar-refractivity contribution in [2.24, 2.45) is 0 Å². The highest BCUT2D eigenvalue weighted by Crippen LogP contribution is 2.30. The minimum atomic E-state index is -0.263. The summed E-state index contributed by atoms with van der Waals surface area (Å²) in [4.78, 5) is 43.5. The number of pyridine rings is 1. The van der Waals surface area contributed by atoms with Crippen LogP contribution in [0.4, 0.5) is 11.6 Å². The van der Waals surface area contributed by atoms with Gasteiger partial charge in [0.25, 0.3) is 5.91 Å². The Balaban J connectivity index is 1.19. The third-order valence-corrected chi connectivity index (χ3v) is 7.10.